The fraction of sp³-hybridized carbons (Fsp3) is 1.00. The first-order chi connectivity index (χ1) is 7.26. The normalized spacial score (nSPS) is 18.6. The molecular weight excluding hydrogens is 212 g/mol. The van der Waals surface area contributed by atoms with Gasteiger partial charge in [-0.05, 0) is 12.8 Å². The molecule has 90 valence electrons. The maximum absolute atomic E-state index is 5.35. The second-order valence-corrected chi connectivity index (χ2v) is 6.74. The Labute approximate surface area is 92.8 Å². The number of hydrogen-bond acceptors (Lipinski definition) is 5. The number of nitrogens with one attached hydrogen (secondary N) is 2. The van der Waals surface area contributed by atoms with Crippen molar-refractivity contribution in [1.29, 1.82) is 0 Å². The van der Waals surface area contributed by atoms with Crippen LogP contribution in [-0.2, 0) is 13.3 Å². The van der Waals surface area contributed by atoms with Gasteiger partial charge >= 0.3 is 8.80 Å². The maximum atomic E-state index is 5.35. The Morgan fingerprint density at radius 1 is 1.07 bits per heavy atom. The van der Waals surface area contributed by atoms with Crippen molar-refractivity contribution < 1.29 is 13.3 Å². The van der Waals surface area contributed by atoms with E-state index in [9.17, 15) is 0 Å². The van der Waals surface area contributed by atoms with Crippen molar-refractivity contribution in [1.82, 2.24) is 10.6 Å². The van der Waals surface area contributed by atoms with E-state index >= 15 is 0 Å². The molecule has 15 heavy (non-hydrogen) atoms. The summed E-state index contributed by atoms with van der Waals surface area (Å²) in [6.45, 7) is 2.12. The summed E-state index contributed by atoms with van der Waals surface area (Å²) in [5.41, 5.74) is 0. The zero-order valence-corrected chi connectivity index (χ0v) is 10.8. The van der Waals surface area contributed by atoms with Crippen molar-refractivity contribution in [3.63, 3.8) is 0 Å². The highest BCUT2D eigenvalue weighted by Crippen LogP contribution is 2.17. The largest absolute Gasteiger partial charge is 0.500 e. The van der Waals surface area contributed by atoms with Gasteiger partial charge in [0.15, 0.2) is 0 Å². The third kappa shape index (κ3) is 3.82. The van der Waals surface area contributed by atoms with Crippen LogP contribution in [0.3, 0.4) is 0 Å². The molecule has 2 N–H and O–H groups in total. The van der Waals surface area contributed by atoms with Gasteiger partial charge in [0.1, 0.15) is 0 Å². The van der Waals surface area contributed by atoms with Crippen molar-refractivity contribution in [2.45, 2.75) is 25.1 Å². The molecule has 5 nitrogen and oxygen atoms in total. The molecule has 0 aromatic rings. The highest BCUT2D eigenvalue weighted by atomic mass is 28.4. The van der Waals surface area contributed by atoms with Gasteiger partial charge < -0.3 is 23.9 Å². The molecule has 0 spiro atoms. The molecule has 0 radical (unpaired) electrons. The Bertz CT molecular complexity index is 164. The van der Waals surface area contributed by atoms with E-state index in [4.69, 9.17) is 13.3 Å². The van der Waals surface area contributed by atoms with Crippen molar-refractivity contribution in [3.8, 4) is 0 Å². The van der Waals surface area contributed by atoms with E-state index in [0.29, 0.717) is 6.17 Å². The van der Waals surface area contributed by atoms with Gasteiger partial charge in [0.05, 0.1) is 6.17 Å². The Balaban J connectivity index is 2.21. The third-order valence-electron chi connectivity index (χ3n) is 2.82. The van der Waals surface area contributed by atoms with Crippen LogP contribution >= 0.6 is 0 Å². The van der Waals surface area contributed by atoms with E-state index in [1.54, 1.807) is 21.3 Å². The molecule has 1 aliphatic rings. The van der Waals surface area contributed by atoms with Crippen LogP contribution in [0, 0.1) is 0 Å². The summed E-state index contributed by atoms with van der Waals surface area (Å²) in [4.78, 5) is 0. The van der Waals surface area contributed by atoms with Gasteiger partial charge in [-0.25, -0.2) is 0 Å². The van der Waals surface area contributed by atoms with Gasteiger partial charge in [-0.2, -0.15) is 0 Å². The highest BCUT2D eigenvalue weighted by molar-refractivity contribution is 6.60. The van der Waals surface area contributed by atoms with Gasteiger partial charge in [-0.15, -0.1) is 0 Å². The topological polar surface area (TPSA) is 51.8 Å². The Kier molecular flexibility index (Phi) is 5.73. The molecule has 1 saturated heterocycles. The zero-order valence-electron chi connectivity index (χ0n) is 9.84. The fourth-order valence-electron chi connectivity index (χ4n) is 1.85. The van der Waals surface area contributed by atoms with E-state index in [1.807, 2.05) is 0 Å². The first kappa shape index (κ1) is 13.1. The molecule has 0 unspecified atom stereocenters. The number of rotatable bonds is 7. The van der Waals surface area contributed by atoms with Crippen LogP contribution in [0.2, 0.25) is 6.04 Å². The average Bonchev–Trinajstić information content (AvgIpc) is 2.78. The highest BCUT2D eigenvalue weighted by Gasteiger charge is 2.37. The van der Waals surface area contributed by atoms with E-state index in [1.165, 1.54) is 0 Å². The lowest BCUT2D eigenvalue weighted by atomic mass is 10.3. The van der Waals surface area contributed by atoms with Crippen LogP contribution in [0.4, 0.5) is 0 Å². The molecular formula is C9H22N2O3Si. The molecule has 1 fully saturated rings. The monoisotopic (exact) mass is 234 g/mol. The van der Waals surface area contributed by atoms with Crippen LogP contribution in [-0.4, -0.2) is 49.4 Å². The first-order valence-electron chi connectivity index (χ1n) is 5.38. The molecule has 6 heteroatoms. The van der Waals surface area contributed by atoms with Gasteiger partial charge in [0.2, 0.25) is 0 Å². The van der Waals surface area contributed by atoms with Crippen LogP contribution < -0.4 is 10.6 Å². The molecule has 0 aromatic carbocycles. The van der Waals surface area contributed by atoms with Gasteiger partial charge in [-0.3, -0.25) is 0 Å². The third-order valence-corrected chi connectivity index (χ3v) is 5.65. The second-order valence-electron chi connectivity index (χ2n) is 3.65. The average molecular weight is 234 g/mol. The van der Waals surface area contributed by atoms with Crippen LogP contribution in [0.5, 0.6) is 0 Å². The molecule has 1 rings (SSSR count). The molecule has 0 bridgehead atoms. The van der Waals surface area contributed by atoms with Crippen molar-refractivity contribution in [2.75, 3.05) is 34.4 Å². The van der Waals surface area contributed by atoms with Crippen molar-refractivity contribution in [2.24, 2.45) is 0 Å². The zero-order chi connectivity index (χ0) is 11.1. The summed E-state index contributed by atoms with van der Waals surface area (Å²) in [7, 11) is 2.63. The Morgan fingerprint density at radius 3 is 2.07 bits per heavy atom. The second kappa shape index (κ2) is 6.57. The molecule has 0 amide bonds. The summed E-state index contributed by atoms with van der Waals surface area (Å²) in [6.07, 6.45) is 2.58. The van der Waals surface area contributed by atoms with Crippen LogP contribution in [0.1, 0.15) is 12.8 Å². The van der Waals surface area contributed by atoms with Gasteiger partial charge in [0, 0.05) is 40.5 Å². The lowest BCUT2D eigenvalue weighted by molar-refractivity contribution is 0.122. The molecule has 0 aliphatic carbocycles. The smallest absolute Gasteiger partial charge is 0.377 e. The number of hydrogen-bond donors (Lipinski definition) is 2. The quantitative estimate of drug-likeness (QED) is 0.615. The summed E-state index contributed by atoms with van der Waals surface area (Å²) < 4.78 is 16.1. The Hall–Kier alpha value is 0.0169. The minimum atomic E-state index is -2.34. The first-order valence-corrected chi connectivity index (χ1v) is 7.32. The molecule has 0 aromatic heterocycles. The molecule has 0 saturated carbocycles. The minimum Gasteiger partial charge on any atom is -0.377 e. The SMILES string of the molecule is CO[Si](CCCC1NCCN1)(OC)OC. The molecule has 1 heterocycles. The predicted molar refractivity (Wildman–Crippen MR) is 60.6 cm³/mol. The minimum absolute atomic E-state index is 0.447. The van der Waals surface area contributed by atoms with E-state index in [-0.39, 0.29) is 0 Å². The van der Waals surface area contributed by atoms with E-state index in [2.05, 4.69) is 10.6 Å². The van der Waals surface area contributed by atoms with Gasteiger partial charge in [0.25, 0.3) is 0 Å². The standard InChI is InChI=1S/C9H22N2O3Si/c1-12-15(13-2,14-3)8-4-5-9-10-6-7-11-9/h9-11H,4-8H2,1-3H3. The maximum Gasteiger partial charge on any atom is 0.500 e. The predicted octanol–water partition coefficient (Wildman–Crippen LogP) is 0.164. The van der Waals surface area contributed by atoms with Gasteiger partial charge in [-0.1, -0.05) is 0 Å². The van der Waals surface area contributed by atoms with Crippen LogP contribution in [0.25, 0.3) is 0 Å². The summed E-state index contributed by atoms with van der Waals surface area (Å²) in [5.74, 6) is 0. The molecule has 0 atom stereocenters. The van der Waals surface area contributed by atoms with E-state index < -0.39 is 8.80 Å². The van der Waals surface area contributed by atoms with Crippen LogP contribution in [0.15, 0.2) is 0 Å². The van der Waals surface area contributed by atoms with E-state index in [0.717, 1.165) is 32.0 Å². The fourth-order valence-corrected chi connectivity index (χ4v) is 3.60. The summed E-state index contributed by atoms with van der Waals surface area (Å²) in [5, 5.41) is 6.76. The van der Waals surface area contributed by atoms with Crippen molar-refractivity contribution in [3.05, 3.63) is 0 Å². The summed E-state index contributed by atoms with van der Waals surface area (Å²) in [6, 6.07) is 0.871. The summed E-state index contributed by atoms with van der Waals surface area (Å²) >= 11 is 0. The lowest BCUT2D eigenvalue weighted by Crippen LogP contribution is -2.43. The lowest BCUT2D eigenvalue weighted by Gasteiger charge is -2.24. The molecule has 1 aliphatic heterocycles. The Morgan fingerprint density at radius 2 is 1.60 bits per heavy atom. The van der Waals surface area contributed by atoms with Crippen molar-refractivity contribution >= 4 is 8.80 Å².